The van der Waals surface area contributed by atoms with E-state index in [1.807, 2.05) is 0 Å². The van der Waals surface area contributed by atoms with E-state index < -0.39 is 32.2 Å². The number of thiazole rings is 1. The summed E-state index contributed by atoms with van der Waals surface area (Å²) in [5.41, 5.74) is 5.68. The molecular formula is C12H11F2N3O2S2. The molecule has 1 aromatic heterocycles. The van der Waals surface area contributed by atoms with Crippen LogP contribution < -0.4 is 10.5 Å². The second-order valence-electron chi connectivity index (χ2n) is 4.76. The van der Waals surface area contributed by atoms with Gasteiger partial charge < -0.3 is 5.73 Å². The zero-order valence-corrected chi connectivity index (χ0v) is 12.3. The number of nitrogens with zero attached hydrogens (tertiary/aromatic N) is 1. The number of sulfonamides is 1. The van der Waals surface area contributed by atoms with Gasteiger partial charge in [-0.3, -0.25) is 4.72 Å². The number of aromatic nitrogens is 1. The van der Waals surface area contributed by atoms with Crippen molar-refractivity contribution in [2.75, 3.05) is 10.5 Å². The van der Waals surface area contributed by atoms with E-state index in [0.717, 1.165) is 35.9 Å². The molecule has 1 aromatic carbocycles. The van der Waals surface area contributed by atoms with Crippen LogP contribution in [0, 0.1) is 11.6 Å². The Balaban J connectivity index is 1.90. The van der Waals surface area contributed by atoms with Crippen molar-refractivity contribution in [2.45, 2.75) is 23.7 Å². The van der Waals surface area contributed by atoms with Crippen molar-refractivity contribution in [1.29, 1.82) is 0 Å². The largest absolute Gasteiger partial charge is 0.396 e. The van der Waals surface area contributed by atoms with Gasteiger partial charge in [-0.05, 0) is 18.9 Å². The van der Waals surface area contributed by atoms with Crippen LogP contribution in [-0.2, 0) is 10.0 Å². The summed E-state index contributed by atoms with van der Waals surface area (Å²) in [4.78, 5) is 3.45. The van der Waals surface area contributed by atoms with Crippen LogP contribution >= 0.6 is 11.3 Å². The van der Waals surface area contributed by atoms with E-state index in [9.17, 15) is 17.2 Å². The molecule has 0 bridgehead atoms. The Morgan fingerprint density at radius 2 is 2.00 bits per heavy atom. The lowest BCUT2D eigenvalue weighted by Crippen LogP contribution is -2.15. The van der Waals surface area contributed by atoms with Crippen LogP contribution in [0.4, 0.5) is 19.6 Å². The molecule has 5 nitrogen and oxygen atoms in total. The smallest absolute Gasteiger partial charge is 0.266 e. The summed E-state index contributed by atoms with van der Waals surface area (Å²) in [6.45, 7) is 0. The predicted molar refractivity (Wildman–Crippen MR) is 75.7 cm³/mol. The average molecular weight is 331 g/mol. The number of hydrogen-bond donors (Lipinski definition) is 2. The normalized spacial score (nSPS) is 15.1. The standard InChI is InChI=1S/C12H11F2N3O2S2/c13-7-3-8(14)11(4-9(7)15)21(18,19)17-12-16-10(5-20-12)6-1-2-6/h3-6H,1-2,15H2,(H,16,17). The summed E-state index contributed by atoms with van der Waals surface area (Å²) in [5, 5.41) is 1.92. The van der Waals surface area contributed by atoms with Gasteiger partial charge in [-0.15, -0.1) is 11.3 Å². The summed E-state index contributed by atoms with van der Waals surface area (Å²) in [6.07, 6.45) is 2.08. The van der Waals surface area contributed by atoms with E-state index in [-0.39, 0.29) is 5.13 Å². The Labute approximate surface area is 123 Å². The molecule has 0 radical (unpaired) electrons. The number of nitrogen functional groups attached to an aromatic ring is 1. The fourth-order valence-electron chi connectivity index (χ4n) is 1.82. The van der Waals surface area contributed by atoms with Crippen LogP contribution in [-0.4, -0.2) is 13.4 Å². The molecule has 0 atom stereocenters. The van der Waals surface area contributed by atoms with Gasteiger partial charge in [0, 0.05) is 17.4 Å². The van der Waals surface area contributed by atoms with Crippen LogP contribution in [0.3, 0.4) is 0 Å². The van der Waals surface area contributed by atoms with Gasteiger partial charge in [-0.25, -0.2) is 22.2 Å². The fraction of sp³-hybridized carbons (Fsp3) is 0.250. The molecule has 1 heterocycles. The lowest BCUT2D eigenvalue weighted by atomic mass is 10.3. The van der Waals surface area contributed by atoms with E-state index in [1.165, 1.54) is 0 Å². The Hall–Kier alpha value is -1.74. The van der Waals surface area contributed by atoms with Crippen molar-refractivity contribution in [1.82, 2.24) is 4.98 Å². The molecule has 112 valence electrons. The highest BCUT2D eigenvalue weighted by Crippen LogP contribution is 2.41. The molecule has 0 unspecified atom stereocenters. The SMILES string of the molecule is Nc1cc(S(=O)(=O)Nc2nc(C3CC3)cs2)c(F)cc1F. The maximum atomic E-state index is 13.6. The lowest BCUT2D eigenvalue weighted by Gasteiger charge is -2.07. The summed E-state index contributed by atoms with van der Waals surface area (Å²) in [7, 11) is -4.20. The van der Waals surface area contributed by atoms with Crippen molar-refractivity contribution in [3.63, 3.8) is 0 Å². The third-order valence-corrected chi connectivity index (χ3v) is 5.34. The molecule has 3 N–H and O–H groups in total. The van der Waals surface area contributed by atoms with Crippen LogP contribution in [0.25, 0.3) is 0 Å². The molecule has 21 heavy (non-hydrogen) atoms. The fourth-order valence-corrected chi connectivity index (χ4v) is 3.96. The maximum absolute atomic E-state index is 13.6. The molecular weight excluding hydrogens is 320 g/mol. The van der Waals surface area contributed by atoms with E-state index in [4.69, 9.17) is 5.73 Å². The number of nitrogens with one attached hydrogen (secondary N) is 1. The van der Waals surface area contributed by atoms with Gasteiger partial charge >= 0.3 is 0 Å². The Morgan fingerprint density at radius 3 is 2.67 bits per heavy atom. The van der Waals surface area contributed by atoms with E-state index in [0.29, 0.717) is 12.0 Å². The van der Waals surface area contributed by atoms with Crippen molar-refractivity contribution < 1.29 is 17.2 Å². The summed E-state index contributed by atoms with van der Waals surface area (Å²) in [6, 6.07) is 1.20. The number of halogens is 2. The van der Waals surface area contributed by atoms with Gasteiger partial charge in [-0.1, -0.05) is 0 Å². The van der Waals surface area contributed by atoms with Gasteiger partial charge in [0.15, 0.2) is 5.13 Å². The monoisotopic (exact) mass is 331 g/mol. The molecule has 0 saturated heterocycles. The van der Waals surface area contributed by atoms with Crippen LogP contribution in [0.5, 0.6) is 0 Å². The molecule has 1 aliphatic carbocycles. The van der Waals surface area contributed by atoms with E-state index in [2.05, 4.69) is 9.71 Å². The highest BCUT2D eigenvalue weighted by molar-refractivity contribution is 7.93. The first-order chi connectivity index (χ1) is 9.87. The Bertz CT molecular complexity index is 801. The van der Waals surface area contributed by atoms with Gasteiger partial charge in [0.2, 0.25) is 0 Å². The second kappa shape index (κ2) is 4.92. The topological polar surface area (TPSA) is 85.1 Å². The number of anilines is 2. The van der Waals surface area contributed by atoms with E-state index in [1.54, 1.807) is 5.38 Å². The van der Waals surface area contributed by atoms with Crippen molar-refractivity contribution in [3.05, 3.63) is 34.8 Å². The number of benzene rings is 1. The minimum absolute atomic E-state index is 0.152. The van der Waals surface area contributed by atoms with Gasteiger partial charge in [0.05, 0.1) is 11.4 Å². The molecule has 0 spiro atoms. The number of hydrogen-bond acceptors (Lipinski definition) is 5. The summed E-state index contributed by atoms with van der Waals surface area (Å²) in [5.74, 6) is -1.82. The zero-order valence-electron chi connectivity index (χ0n) is 10.6. The molecule has 1 fully saturated rings. The van der Waals surface area contributed by atoms with Gasteiger partial charge in [0.25, 0.3) is 10.0 Å². The van der Waals surface area contributed by atoms with Crippen LogP contribution in [0.15, 0.2) is 22.4 Å². The number of nitrogens with two attached hydrogens (primary N) is 1. The highest BCUT2D eigenvalue weighted by Gasteiger charge is 2.27. The average Bonchev–Trinajstić information content (AvgIpc) is 3.15. The first kappa shape index (κ1) is 14.2. The van der Waals surface area contributed by atoms with Gasteiger partial charge in [-0.2, -0.15) is 0 Å². The molecule has 0 amide bonds. The van der Waals surface area contributed by atoms with Crippen molar-refractivity contribution in [3.8, 4) is 0 Å². The molecule has 1 aliphatic rings. The first-order valence-corrected chi connectivity index (χ1v) is 8.46. The molecule has 2 aromatic rings. The zero-order chi connectivity index (χ0) is 15.2. The maximum Gasteiger partial charge on any atom is 0.266 e. The van der Waals surface area contributed by atoms with Crippen LogP contribution in [0.2, 0.25) is 0 Å². The second-order valence-corrected chi connectivity index (χ2v) is 7.27. The minimum atomic E-state index is -4.20. The summed E-state index contributed by atoms with van der Waals surface area (Å²) < 4.78 is 53.1. The molecule has 3 rings (SSSR count). The third kappa shape index (κ3) is 2.84. The lowest BCUT2D eigenvalue weighted by molar-refractivity contribution is 0.553. The highest BCUT2D eigenvalue weighted by atomic mass is 32.2. The Kier molecular flexibility index (Phi) is 3.33. The van der Waals surface area contributed by atoms with Crippen molar-refractivity contribution in [2.24, 2.45) is 0 Å². The van der Waals surface area contributed by atoms with Crippen molar-refractivity contribution >= 4 is 32.2 Å². The first-order valence-electron chi connectivity index (χ1n) is 6.09. The predicted octanol–water partition coefficient (Wildman–Crippen LogP) is 2.68. The van der Waals surface area contributed by atoms with Gasteiger partial charge in [0.1, 0.15) is 16.5 Å². The third-order valence-electron chi connectivity index (χ3n) is 3.08. The molecule has 0 aliphatic heterocycles. The Morgan fingerprint density at radius 1 is 1.29 bits per heavy atom. The minimum Gasteiger partial charge on any atom is -0.396 e. The quantitative estimate of drug-likeness (QED) is 0.844. The summed E-state index contributed by atoms with van der Waals surface area (Å²) >= 11 is 1.12. The molecule has 1 saturated carbocycles. The van der Waals surface area contributed by atoms with Crippen LogP contribution in [0.1, 0.15) is 24.5 Å². The molecule has 9 heteroatoms. The van der Waals surface area contributed by atoms with E-state index >= 15 is 0 Å². The number of rotatable bonds is 4.